The molecule has 0 aromatic carbocycles. The van der Waals surface area contributed by atoms with Gasteiger partial charge in [-0.25, -0.2) is 4.57 Å². The van der Waals surface area contributed by atoms with Crippen LogP contribution in [0, 0.1) is 0 Å². The van der Waals surface area contributed by atoms with Crippen LogP contribution in [0.5, 0.6) is 0 Å². The van der Waals surface area contributed by atoms with E-state index in [4.69, 9.17) is 24.3 Å². The number of allylic oxidation sites excluding steroid dienone is 7. The lowest BCUT2D eigenvalue weighted by atomic mass is 10.1. The molecule has 0 saturated heterocycles. The average Bonchev–Trinajstić information content (AvgIpc) is 2.97. The molecule has 0 aromatic heterocycles. The van der Waals surface area contributed by atoms with Crippen molar-refractivity contribution in [1.29, 1.82) is 0 Å². The van der Waals surface area contributed by atoms with E-state index in [0.29, 0.717) is 36.0 Å². The van der Waals surface area contributed by atoms with Crippen molar-refractivity contribution in [3.05, 3.63) is 47.9 Å². The zero-order chi connectivity index (χ0) is 34.7. The Morgan fingerprint density at radius 2 is 1.41 bits per heavy atom. The minimum absolute atomic E-state index is 0.00885. The van der Waals surface area contributed by atoms with Crippen LogP contribution in [-0.2, 0) is 32.7 Å². The van der Waals surface area contributed by atoms with Gasteiger partial charge in [0, 0.05) is 18.5 Å². The summed E-state index contributed by atoms with van der Waals surface area (Å²) < 4.78 is 33.7. The summed E-state index contributed by atoms with van der Waals surface area (Å²) in [5.41, 5.74) is 6.22. The van der Waals surface area contributed by atoms with Crippen LogP contribution in [0.2, 0.25) is 0 Å². The van der Waals surface area contributed by atoms with Crippen molar-refractivity contribution in [3.63, 3.8) is 0 Å². The van der Waals surface area contributed by atoms with Gasteiger partial charge in [-0.05, 0) is 31.4 Å². The van der Waals surface area contributed by atoms with Gasteiger partial charge in [0.15, 0.2) is 6.10 Å². The molecule has 0 saturated carbocycles. The van der Waals surface area contributed by atoms with Crippen molar-refractivity contribution in [3.8, 4) is 0 Å². The maximum absolute atomic E-state index is 12.5. The van der Waals surface area contributed by atoms with Gasteiger partial charge < -0.3 is 29.7 Å². The summed E-state index contributed by atoms with van der Waals surface area (Å²) in [7, 11) is 1.33. The summed E-state index contributed by atoms with van der Waals surface area (Å²) in [5.74, 6) is -0.787. The smallest absolute Gasteiger partial charge is 0.472 e. The number of rotatable bonds is 28. The number of nitrogens with two attached hydrogens (primary N) is 1. The number of carbonyl (C=O) groups is 2. The van der Waals surface area contributed by atoms with Crippen LogP contribution < -0.4 is 5.73 Å². The highest BCUT2D eigenvalue weighted by Crippen LogP contribution is 2.43. The first-order chi connectivity index (χ1) is 21.8. The van der Waals surface area contributed by atoms with Crippen LogP contribution in [0.25, 0.3) is 0 Å². The van der Waals surface area contributed by atoms with Crippen LogP contribution >= 0.6 is 7.82 Å². The van der Waals surface area contributed by atoms with Gasteiger partial charge in [0.1, 0.15) is 19.8 Å². The minimum Gasteiger partial charge on any atom is -0.512 e. The van der Waals surface area contributed by atoms with Crippen LogP contribution in [0.4, 0.5) is 0 Å². The Labute approximate surface area is 277 Å². The topological polar surface area (TPSA) is 155 Å². The monoisotopic (exact) mass is 673 g/mol. The maximum atomic E-state index is 12.5. The number of hydrogen-bond acceptors (Lipinski definition) is 9. The molecule has 0 aliphatic heterocycles. The molecule has 11 nitrogen and oxygen atoms in total. The summed E-state index contributed by atoms with van der Waals surface area (Å²) in [6.45, 7) is 3.89. The van der Waals surface area contributed by atoms with Gasteiger partial charge in [0.05, 0.1) is 39.9 Å². The summed E-state index contributed by atoms with van der Waals surface area (Å²) in [4.78, 5) is 35.0. The first kappa shape index (κ1) is 43.6. The number of ether oxygens (including phenoxy) is 2. The standard InChI is InChI=1S/C34H61N2O9P/c1-6-8-10-11-12-16-20-24-33(38)45-32(29-44-46(40,41)43-26-25-36(3,4)5)28-42-34(39)27-30(35)21-18-14-13-15-19-23-31(37)22-17-9-7-2/h14-15,18-19,21,23,32H,6-13,16-17,20,22,24-29,35H2,1-5H3,(H-,37,40,41)/p+1/b18-14+,19-15+,30-21+,31-23+/t32-/m0/s1. The summed E-state index contributed by atoms with van der Waals surface area (Å²) in [5, 5.41) is 9.81. The molecule has 4 N–H and O–H groups in total. The van der Waals surface area contributed by atoms with E-state index >= 15 is 0 Å². The fourth-order valence-electron chi connectivity index (χ4n) is 3.94. The summed E-state index contributed by atoms with van der Waals surface area (Å²) in [6.07, 6.45) is 21.2. The maximum Gasteiger partial charge on any atom is 0.472 e. The largest absolute Gasteiger partial charge is 0.512 e. The van der Waals surface area contributed by atoms with Crippen molar-refractivity contribution in [2.45, 2.75) is 110 Å². The van der Waals surface area contributed by atoms with Crippen molar-refractivity contribution < 1.29 is 47.2 Å². The third-order valence-corrected chi connectivity index (χ3v) is 7.67. The highest BCUT2D eigenvalue weighted by Gasteiger charge is 2.27. The quantitative estimate of drug-likeness (QED) is 0.0194. The van der Waals surface area contributed by atoms with Gasteiger partial charge in [-0.15, -0.1) is 0 Å². The Kier molecular flexibility index (Phi) is 25.2. The van der Waals surface area contributed by atoms with Gasteiger partial charge >= 0.3 is 19.8 Å². The molecule has 0 aromatic rings. The van der Waals surface area contributed by atoms with E-state index in [-0.39, 0.29) is 31.8 Å². The average molecular weight is 674 g/mol. The van der Waals surface area contributed by atoms with Crippen LogP contribution in [-0.4, -0.2) is 80.0 Å². The van der Waals surface area contributed by atoms with Crippen LogP contribution in [0.1, 0.15) is 104 Å². The molecule has 0 radical (unpaired) electrons. The van der Waals surface area contributed by atoms with Crippen molar-refractivity contribution in [2.75, 3.05) is 47.5 Å². The molecule has 12 heteroatoms. The van der Waals surface area contributed by atoms with Crippen LogP contribution in [0.15, 0.2) is 47.9 Å². The molecular formula is C34H62N2O9P+. The van der Waals surface area contributed by atoms with Gasteiger partial charge in [-0.2, -0.15) is 0 Å². The van der Waals surface area contributed by atoms with Gasteiger partial charge in [0.25, 0.3) is 0 Å². The van der Waals surface area contributed by atoms with Gasteiger partial charge in [0.2, 0.25) is 0 Å². The van der Waals surface area contributed by atoms with Gasteiger partial charge in [-0.1, -0.05) is 89.5 Å². The molecule has 1 unspecified atom stereocenters. The molecule has 0 rings (SSSR count). The minimum atomic E-state index is -4.42. The fraction of sp³-hybridized carbons (Fsp3) is 0.706. The highest BCUT2D eigenvalue weighted by molar-refractivity contribution is 7.47. The number of carbonyl (C=O) groups excluding carboxylic acids is 2. The van der Waals surface area contributed by atoms with E-state index in [9.17, 15) is 24.2 Å². The zero-order valence-corrected chi connectivity index (χ0v) is 29.9. The van der Waals surface area contributed by atoms with E-state index in [2.05, 4.69) is 13.8 Å². The number of quaternary nitrogens is 1. The van der Waals surface area contributed by atoms with Crippen molar-refractivity contribution in [1.82, 2.24) is 0 Å². The van der Waals surface area contributed by atoms with E-state index in [1.807, 2.05) is 33.3 Å². The number of phosphoric acid groups is 1. The first-order valence-electron chi connectivity index (χ1n) is 16.7. The molecule has 46 heavy (non-hydrogen) atoms. The fourth-order valence-corrected chi connectivity index (χ4v) is 4.68. The number of unbranched alkanes of at least 4 members (excludes halogenated alkanes) is 8. The Morgan fingerprint density at radius 1 is 0.826 bits per heavy atom. The number of aliphatic hydroxyl groups excluding tert-OH is 1. The summed E-state index contributed by atoms with van der Waals surface area (Å²) >= 11 is 0. The normalized spacial score (nSPS) is 14.9. The van der Waals surface area contributed by atoms with Gasteiger partial charge in [-0.3, -0.25) is 18.6 Å². The number of likely N-dealkylation sites (N-methyl/N-ethyl adjacent to an activating group) is 1. The highest BCUT2D eigenvalue weighted by atomic mass is 31.2. The SMILES string of the molecule is CCCCCCCCCC(=O)O[C@@H](COC(=O)C/C(N)=C\C=C\C/C=C/C=C(/O)CCCCC)COP(=O)(O)OCC[N+](C)(C)C. The number of esters is 2. The lowest BCUT2D eigenvalue weighted by molar-refractivity contribution is -0.870. The van der Waals surface area contributed by atoms with E-state index < -0.39 is 32.5 Å². The number of phosphoric ester groups is 1. The number of aliphatic hydroxyl groups is 1. The second-order valence-corrected chi connectivity index (χ2v) is 13.9. The molecule has 0 spiro atoms. The van der Waals surface area contributed by atoms with E-state index in [1.54, 1.807) is 24.3 Å². The first-order valence-corrected chi connectivity index (χ1v) is 18.2. The molecule has 0 aliphatic carbocycles. The third kappa shape index (κ3) is 29.0. The lowest BCUT2D eigenvalue weighted by Crippen LogP contribution is -2.37. The zero-order valence-electron chi connectivity index (χ0n) is 29.0. The predicted molar refractivity (Wildman–Crippen MR) is 183 cm³/mol. The Bertz CT molecular complexity index is 1000. The Balaban J connectivity index is 4.87. The van der Waals surface area contributed by atoms with Crippen LogP contribution in [0.3, 0.4) is 0 Å². The molecule has 0 heterocycles. The lowest BCUT2D eigenvalue weighted by Gasteiger charge is -2.24. The molecule has 0 bridgehead atoms. The number of nitrogens with zero attached hydrogens (tertiary/aromatic N) is 1. The molecule has 266 valence electrons. The molecule has 0 aliphatic rings. The number of hydrogen-bond donors (Lipinski definition) is 3. The molecule has 0 amide bonds. The van der Waals surface area contributed by atoms with E-state index in [1.165, 1.54) is 19.3 Å². The molecule has 0 fully saturated rings. The second kappa shape index (κ2) is 26.6. The predicted octanol–water partition coefficient (Wildman–Crippen LogP) is 7.18. The third-order valence-electron chi connectivity index (χ3n) is 6.68. The van der Waals surface area contributed by atoms with E-state index in [0.717, 1.165) is 38.5 Å². The van der Waals surface area contributed by atoms with Crippen molar-refractivity contribution >= 4 is 19.8 Å². The van der Waals surface area contributed by atoms with Crippen molar-refractivity contribution in [2.24, 2.45) is 5.73 Å². The second-order valence-electron chi connectivity index (χ2n) is 12.4. The Morgan fingerprint density at radius 3 is 2.07 bits per heavy atom. The summed E-state index contributed by atoms with van der Waals surface area (Å²) in [6, 6.07) is 0. The Hall–Kier alpha value is -2.43. The molecule has 2 atom stereocenters. The molecular weight excluding hydrogens is 611 g/mol.